The average Bonchev–Trinajstić information content (AvgIpc) is 2.16. The number of nitrogens with one attached hydrogen (secondary N) is 1. The predicted molar refractivity (Wildman–Crippen MR) is 45.7 cm³/mol. The zero-order valence-corrected chi connectivity index (χ0v) is 8.95. The lowest BCUT2D eigenvalue weighted by molar-refractivity contribution is -0.389. The molecule has 0 spiro atoms. The number of methoxy groups -OCH3 is 2. The number of rotatable bonds is 3. The van der Waals surface area contributed by atoms with Gasteiger partial charge in [0.15, 0.2) is 11.9 Å². The first-order valence-corrected chi connectivity index (χ1v) is 4.04. The highest BCUT2D eigenvalue weighted by atomic mass is 35.5. The number of aromatic nitrogens is 1. The molecule has 5 heteroatoms. The van der Waals surface area contributed by atoms with Crippen molar-refractivity contribution in [2.45, 2.75) is 5.88 Å². The maximum Gasteiger partial charge on any atom is 0.240 e. The van der Waals surface area contributed by atoms with E-state index in [4.69, 9.17) is 21.1 Å². The maximum absolute atomic E-state index is 5.67. The largest absolute Gasteiger partial charge is 1.00 e. The molecule has 1 rings (SSSR count). The van der Waals surface area contributed by atoms with E-state index >= 15 is 0 Å². The lowest BCUT2D eigenvalue weighted by atomic mass is 10.3. The number of hydrogen-bond acceptors (Lipinski definition) is 2. The van der Waals surface area contributed by atoms with Crippen molar-refractivity contribution < 1.29 is 26.9 Å². The summed E-state index contributed by atoms with van der Waals surface area (Å²) >= 11 is 5.67. The fourth-order valence-corrected chi connectivity index (χ4v) is 1.19. The van der Waals surface area contributed by atoms with Crippen LogP contribution < -0.4 is 26.9 Å². The minimum absolute atomic E-state index is 0. The van der Waals surface area contributed by atoms with Crippen molar-refractivity contribution in [2.24, 2.45) is 0 Å². The Labute approximate surface area is 88.4 Å². The number of alkyl halides is 1. The Kier molecular flexibility index (Phi) is 5.58. The number of halogens is 2. The van der Waals surface area contributed by atoms with E-state index in [0.29, 0.717) is 17.4 Å². The second-order valence-corrected chi connectivity index (χ2v) is 2.46. The molecular formula is C8H11Cl2NO2. The summed E-state index contributed by atoms with van der Waals surface area (Å²) in [6, 6.07) is 1.79. The quantitative estimate of drug-likeness (QED) is 0.571. The minimum atomic E-state index is 0. The molecule has 1 aromatic rings. The van der Waals surface area contributed by atoms with Gasteiger partial charge in [-0.2, -0.15) is 0 Å². The summed E-state index contributed by atoms with van der Waals surface area (Å²) in [5.74, 6) is 1.72. The Morgan fingerprint density at radius 1 is 1.38 bits per heavy atom. The molecule has 1 heterocycles. The molecule has 0 radical (unpaired) electrons. The Hall–Kier alpha value is -0.670. The first kappa shape index (κ1) is 12.3. The summed E-state index contributed by atoms with van der Waals surface area (Å²) in [5, 5.41) is 0. The van der Waals surface area contributed by atoms with Crippen molar-refractivity contribution in [3.63, 3.8) is 0 Å². The van der Waals surface area contributed by atoms with Crippen molar-refractivity contribution >= 4 is 11.6 Å². The Balaban J connectivity index is 0.00000144. The van der Waals surface area contributed by atoms with E-state index < -0.39 is 0 Å². The molecule has 0 bridgehead atoms. The van der Waals surface area contributed by atoms with Gasteiger partial charge in [0.2, 0.25) is 11.4 Å². The topological polar surface area (TPSA) is 32.6 Å². The molecule has 3 nitrogen and oxygen atoms in total. The Morgan fingerprint density at radius 3 is 2.54 bits per heavy atom. The normalized spacial score (nSPS) is 8.85. The Morgan fingerprint density at radius 2 is 2.08 bits per heavy atom. The van der Waals surface area contributed by atoms with E-state index in [1.165, 1.54) is 0 Å². The fraction of sp³-hybridized carbons (Fsp3) is 0.375. The smallest absolute Gasteiger partial charge is 0.240 e. The van der Waals surface area contributed by atoms with Gasteiger partial charge < -0.3 is 21.9 Å². The summed E-state index contributed by atoms with van der Waals surface area (Å²) in [6.07, 6.45) is 1.76. The second kappa shape index (κ2) is 5.89. The van der Waals surface area contributed by atoms with Gasteiger partial charge in [-0.3, -0.25) is 0 Å². The zero-order valence-electron chi connectivity index (χ0n) is 7.43. The molecule has 1 aromatic heterocycles. The molecule has 74 valence electrons. The molecule has 0 aliphatic heterocycles. The highest BCUT2D eigenvalue weighted by molar-refractivity contribution is 6.17. The fourth-order valence-electron chi connectivity index (χ4n) is 0.992. The number of ether oxygens (including phenoxy) is 2. The van der Waals surface area contributed by atoms with Gasteiger partial charge in [-0.25, -0.2) is 4.98 Å². The van der Waals surface area contributed by atoms with Crippen LogP contribution in [0.3, 0.4) is 0 Å². The molecule has 0 aliphatic rings. The highest BCUT2D eigenvalue weighted by Gasteiger charge is 2.14. The van der Waals surface area contributed by atoms with Gasteiger partial charge in [-0.05, 0) is 0 Å². The van der Waals surface area contributed by atoms with Crippen LogP contribution in [0.5, 0.6) is 11.5 Å². The van der Waals surface area contributed by atoms with E-state index in [0.717, 1.165) is 5.69 Å². The lowest BCUT2D eigenvalue weighted by Gasteiger charge is -2.05. The Bertz CT molecular complexity index is 246. The molecule has 0 aromatic carbocycles. The van der Waals surface area contributed by atoms with Gasteiger partial charge in [0.1, 0.15) is 5.88 Å². The molecule has 0 fully saturated rings. The monoisotopic (exact) mass is 223 g/mol. The molecular weight excluding hydrogens is 213 g/mol. The van der Waals surface area contributed by atoms with Crippen LogP contribution in [-0.4, -0.2) is 14.2 Å². The van der Waals surface area contributed by atoms with Crippen molar-refractivity contribution in [1.29, 1.82) is 0 Å². The van der Waals surface area contributed by atoms with Crippen LogP contribution >= 0.6 is 11.6 Å². The van der Waals surface area contributed by atoms with Crippen molar-refractivity contribution in [3.8, 4) is 11.5 Å². The third-order valence-corrected chi connectivity index (χ3v) is 1.82. The highest BCUT2D eigenvalue weighted by Crippen LogP contribution is 2.27. The summed E-state index contributed by atoms with van der Waals surface area (Å²) in [7, 11) is 3.18. The lowest BCUT2D eigenvalue weighted by Crippen LogP contribution is -3.00. The van der Waals surface area contributed by atoms with Gasteiger partial charge in [0.05, 0.1) is 14.2 Å². The van der Waals surface area contributed by atoms with E-state index in [9.17, 15) is 0 Å². The van der Waals surface area contributed by atoms with Gasteiger partial charge in [0.25, 0.3) is 0 Å². The van der Waals surface area contributed by atoms with Crippen LogP contribution in [0.25, 0.3) is 0 Å². The first-order valence-electron chi connectivity index (χ1n) is 3.51. The van der Waals surface area contributed by atoms with Crippen LogP contribution in [0.15, 0.2) is 12.3 Å². The van der Waals surface area contributed by atoms with Gasteiger partial charge in [0, 0.05) is 6.07 Å². The van der Waals surface area contributed by atoms with E-state index in [-0.39, 0.29) is 12.4 Å². The molecule has 0 aliphatic carbocycles. The molecule has 0 atom stereocenters. The summed E-state index contributed by atoms with van der Waals surface area (Å²) in [6.45, 7) is 0. The van der Waals surface area contributed by atoms with Gasteiger partial charge in [-0.1, -0.05) is 0 Å². The first-order chi connectivity index (χ1) is 5.83. The summed E-state index contributed by atoms with van der Waals surface area (Å²) in [4.78, 5) is 2.98. The van der Waals surface area contributed by atoms with Crippen LogP contribution in [0, 0.1) is 0 Å². The van der Waals surface area contributed by atoms with E-state index in [1.807, 2.05) is 0 Å². The zero-order chi connectivity index (χ0) is 8.97. The molecule has 0 saturated heterocycles. The standard InChI is InChI=1S/C8H10ClNO2.ClH/c1-11-7-3-4-10-6(5-9)8(7)12-2;/h3-4H,5H2,1-2H3;1H. The number of aromatic amines is 1. The third kappa shape index (κ3) is 2.64. The minimum Gasteiger partial charge on any atom is -1.00 e. The molecule has 0 saturated carbocycles. The number of pyridine rings is 1. The molecule has 1 N–H and O–H groups in total. The molecule has 0 unspecified atom stereocenters. The van der Waals surface area contributed by atoms with E-state index in [2.05, 4.69) is 4.98 Å². The molecule has 13 heavy (non-hydrogen) atoms. The van der Waals surface area contributed by atoms with Crippen molar-refractivity contribution in [1.82, 2.24) is 0 Å². The number of hydrogen-bond donors (Lipinski definition) is 0. The maximum atomic E-state index is 5.67. The van der Waals surface area contributed by atoms with Crippen molar-refractivity contribution in [2.75, 3.05) is 14.2 Å². The molecule has 0 amide bonds. The number of H-pyrrole nitrogens is 1. The van der Waals surface area contributed by atoms with Crippen LogP contribution in [0.4, 0.5) is 0 Å². The predicted octanol–water partition coefficient (Wildman–Crippen LogP) is -1.74. The van der Waals surface area contributed by atoms with Gasteiger partial charge in [-0.15, -0.1) is 11.6 Å². The summed E-state index contributed by atoms with van der Waals surface area (Å²) in [5.41, 5.74) is 0.818. The van der Waals surface area contributed by atoms with E-state index in [1.54, 1.807) is 26.5 Å². The van der Waals surface area contributed by atoms with Crippen LogP contribution in [0.1, 0.15) is 5.69 Å². The van der Waals surface area contributed by atoms with Crippen LogP contribution in [-0.2, 0) is 5.88 Å². The average molecular weight is 224 g/mol. The van der Waals surface area contributed by atoms with Crippen molar-refractivity contribution in [3.05, 3.63) is 18.0 Å². The summed E-state index contributed by atoms with van der Waals surface area (Å²) < 4.78 is 10.2. The second-order valence-electron chi connectivity index (χ2n) is 2.19. The SMILES string of the molecule is COc1cc[nH+]c(CCl)c1OC.[Cl-]. The third-order valence-electron chi connectivity index (χ3n) is 1.55. The van der Waals surface area contributed by atoms with Crippen LogP contribution in [0.2, 0.25) is 0 Å². The van der Waals surface area contributed by atoms with Gasteiger partial charge >= 0.3 is 0 Å².